The first-order valence-corrected chi connectivity index (χ1v) is 10.7. The molecule has 1 heterocycles. The third kappa shape index (κ3) is 4.79. The van der Waals surface area contributed by atoms with E-state index in [9.17, 15) is 4.79 Å². The van der Waals surface area contributed by atoms with Crippen LogP contribution in [0.25, 0.3) is 17.1 Å². The topological polar surface area (TPSA) is 92.8 Å². The molecule has 158 valence electrons. The third-order valence-corrected chi connectivity index (χ3v) is 5.51. The molecule has 0 spiro atoms. The normalized spacial score (nSPS) is 10.4. The summed E-state index contributed by atoms with van der Waals surface area (Å²) in [5, 5.41) is 21.2. The fourth-order valence-corrected chi connectivity index (χ4v) is 3.87. The Hall–Kier alpha value is -4.09. The van der Waals surface area contributed by atoms with Crippen molar-refractivity contribution in [3.05, 3.63) is 84.4 Å². The minimum absolute atomic E-state index is 0.139. The summed E-state index contributed by atoms with van der Waals surface area (Å²) in [4.78, 5) is 12.5. The first-order valence-electron chi connectivity index (χ1n) is 9.76. The largest absolute Gasteiger partial charge is 0.497 e. The van der Waals surface area contributed by atoms with Gasteiger partial charge in [0.25, 0.3) is 0 Å². The van der Waals surface area contributed by atoms with Crippen LogP contribution in [0.4, 0.5) is 5.69 Å². The number of nitrogens with zero attached hydrogens (tertiary/aromatic N) is 4. The number of carbonyl (C=O) groups is 1. The van der Waals surface area contributed by atoms with Crippen LogP contribution in [0.1, 0.15) is 5.56 Å². The van der Waals surface area contributed by atoms with Gasteiger partial charge in [0.15, 0.2) is 11.0 Å². The molecular formula is C24H19N5O2S. The van der Waals surface area contributed by atoms with Gasteiger partial charge in [-0.3, -0.25) is 9.36 Å². The number of rotatable bonds is 7. The van der Waals surface area contributed by atoms with Crippen molar-refractivity contribution in [1.29, 1.82) is 5.26 Å². The summed E-state index contributed by atoms with van der Waals surface area (Å²) in [6.07, 6.45) is 0. The summed E-state index contributed by atoms with van der Waals surface area (Å²) >= 11 is 1.29. The van der Waals surface area contributed by atoms with Crippen LogP contribution in [-0.2, 0) is 4.79 Å². The molecule has 7 nitrogen and oxygen atoms in total. The number of anilines is 1. The number of ether oxygens (including phenoxy) is 1. The van der Waals surface area contributed by atoms with E-state index in [4.69, 9.17) is 10.00 Å². The monoisotopic (exact) mass is 441 g/mol. The van der Waals surface area contributed by atoms with E-state index in [1.165, 1.54) is 11.8 Å². The minimum atomic E-state index is -0.198. The Bertz CT molecular complexity index is 1280. The highest BCUT2D eigenvalue weighted by Gasteiger charge is 2.17. The molecule has 4 aromatic rings. The Morgan fingerprint density at radius 3 is 2.66 bits per heavy atom. The van der Waals surface area contributed by atoms with Crippen molar-refractivity contribution in [1.82, 2.24) is 14.8 Å². The molecule has 3 aromatic carbocycles. The second kappa shape index (κ2) is 9.81. The second-order valence-electron chi connectivity index (χ2n) is 6.74. The number of aromatic nitrogens is 3. The molecule has 0 saturated carbocycles. The third-order valence-electron chi connectivity index (χ3n) is 4.58. The predicted molar refractivity (Wildman–Crippen MR) is 124 cm³/mol. The van der Waals surface area contributed by atoms with Crippen LogP contribution in [0.5, 0.6) is 5.75 Å². The highest BCUT2D eigenvalue weighted by atomic mass is 32.2. The van der Waals surface area contributed by atoms with Crippen LogP contribution in [0, 0.1) is 11.3 Å². The van der Waals surface area contributed by atoms with E-state index in [1.807, 2.05) is 59.2 Å². The molecule has 0 aliphatic carbocycles. The van der Waals surface area contributed by atoms with E-state index in [0.29, 0.717) is 22.2 Å². The van der Waals surface area contributed by atoms with Gasteiger partial charge in [0.2, 0.25) is 5.91 Å². The molecule has 0 fully saturated rings. The molecular weight excluding hydrogens is 422 g/mol. The van der Waals surface area contributed by atoms with Crippen LogP contribution in [-0.4, -0.2) is 33.5 Å². The molecule has 32 heavy (non-hydrogen) atoms. The number of nitriles is 1. The molecule has 0 radical (unpaired) electrons. The molecule has 0 saturated heterocycles. The first-order chi connectivity index (χ1) is 15.7. The zero-order valence-corrected chi connectivity index (χ0v) is 18.0. The Morgan fingerprint density at radius 1 is 1.06 bits per heavy atom. The summed E-state index contributed by atoms with van der Waals surface area (Å²) in [5.41, 5.74) is 2.81. The van der Waals surface area contributed by atoms with Crippen LogP contribution < -0.4 is 10.1 Å². The van der Waals surface area contributed by atoms with Gasteiger partial charge in [-0.05, 0) is 42.5 Å². The van der Waals surface area contributed by atoms with Gasteiger partial charge in [-0.1, -0.05) is 48.2 Å². The van der Waals surface area contributed by atoms with Gasteiger partial charge in [0, 0.05) is 16.9 Å². The van der Waals surface area contributed by atoms with Crippen molar-refractivity contribution in [2.24, 2.45) is 0 Å². The van der Waals surface area contributed by atoms with Crippen LogP contribution >= 0.6 is 11.8 Å². The van der Waals surface area contributed by atoms with Gasteiger partial charge in [-0.25, -0.2) is 0 Å². The van der Waals surface area contributed by atoms with E-state index < -0.39 is 0 Å². The van der Waals surface area contributed by atoms with Gasteiger partial charge < -0.3 is 10.1 Å². The average molecular weight is 442 g/mol. The molecule has 0 aliphatic rings. The summed E-state index contributed by atoms with van der Waals surface area (Å²) < 4.78 is 7.26. The summed E-state index contributed by atoms with van der Waals surface area (Å²) in [7, 11) is 1.62. The lowest BCUT2D eigenvalue weighted by Gasteiger charge is -2.11. The molecule has 4 rings (SSSR count). The number of hydrogen-bond acceptors (Lipinski definition) is 6. The lowest BCUT2D eigenvalue weighted by Crippen LogP contribution is -2.14. The van der Waals surface area contributed by atoms with E-state index in [0.717, 1.165) is 17.0 Å². The fraction of sp³-hybridized carbons (Fsp3) is 0.0833. The Morgan fingerprint density at radius 2 is 1.88 bits per heavy atom. The zero-order valence-electron chi connectivity index (χ0n) is 17.2. The minimum Gasteiger partial charge on any atom is -0.497 e. The predicted octanol–water partition coefficient (Wildman–Crippen LogP) is 4.55. The van der Waals surface area contributed by atoms with E-state index in [-0.39, 0.29) is 11.7 Å². The lowest BCUT2D eigenvalue weighted by atomic mass is 10.2. The van der Waals surface area contributed by atoms with E-state index in [2.05, 4.69) is 21.6 Å². The SMILES string of the molecule is COc1cccc(-c2nnc(SCC(=O)Nc3cccc(C#N)c3)n2-c2ccccc2)c1. The molecule has 0 atom stereocenters. The van der Waals surface area contributed by atoms with Crippen molar-refractivity contribution in [2.75, 3.05) is 18.2 Å². The number of amides is 1. The second-order valence-corrected chi connectivity index (χ2v) is 7.68. The number of benzene rings is 3. The molecule has 1 N–H and O–H groups in total. The number of para-hydroxylation sites is 1. The van der Waals surface area contributed by atoms with Crippen molar-refractivity contribution in [3.63, 3.8) is 0 Å². The van der Waals surface area contributed by atoms with Gasteiger partial charge in [-0.2, -0.15) is 5.26 Å². The molecule has 8 heteroatoms. The quantitative estimate of drug-likeness (QED) is 0.423. The van der Waals surface area contributed by atoms with Crippen molar-refractivity contribution in [3.8, 4) is 28.9 Å². The highest BCUT2D eigenvalue weighted by molar-refractivity contribution is 7.99. The van der Waals surface area contributed by atoms with Crippen LogP contribution in [0.2, 0.25) is 0 Å². The molecule has 1 amide bonds. The van der Waals surface area contributed by atoms with E-state index >= 15 is 0 Å². The summed E-state index contributed by atoms with van der Waals surface area (Å²) in [6, 6.07) is 26.2. The Balaban J connectivity index is 1.59. The maximum absolute atomic E-state index is 12.5. The lowest BCUT2D eigenvalue weighted by molar-refractivity contribution is -0.113. The first kappa shape index (κ1) is 21.2. The van der Waals surface area contributed by atoms with Gasteiger partial charge in [0.05, 0.1) is 24.5 Å². The number of thioether (sulfide) groups is 1. The maximum Gasteiger partial charge on any atom is 0.234 e. The van der Waals surface area contributed by atoms with E-state index in [1.54, 1.807) is 31.4 Å². The van der Waals surface area contributed by atoms with Crippen LogP contribution in [0.3, 0.4) is 0 Å². The Labute approximate surface area is 189 Å². The Kier molecular flexibility index (Phi) is 6.49. The van der Waals surface area contributed by atoms with Gasteiger partial charge in [-0.15, -0.1) is 10.2 Å². The van der Waals surface area contributed by atoms with Crippen molar-refractivity contribution in [2.45, 2.75) is 5.16 Å². The van der Waals surface area contributed by atoms with Crippen molar-refractivity contribution >= 4 is 23.4 Å². The van der Waals surface area contributed by atoms with Gasteiger partial charge >= 0.3 is 0 Å². The highest BCUT2D eigenvalue weighted by Crippen LogP contribution is 2.29. The molecule has 0 aliphatic heterocycles. The number of carbonyl (C=O) groups excluding carboxylic acids is 1. The van der Waals surface area contributed by atoms with Crippen molar-refractivity contribution < 1.29 is 9.53 Å². The number of methoxy groups -OCH3 is 1. The molecule has 0 unspecified atom stereocenters. The standard InChI is InChI=1S/C24H19N5O2S/c1-31-21-12-6-8-18(14-21)23-27-28-24(29(23)20-10-3-2-4-11-20)32-16-22(30)26-19-9-5-7-17(13-19)15-25/h2-14H,16H2,1H3,(H,26,30). The number of nitrogens with one attached hydrogen (secondary N) is 1. The summed E-state index contributed by atoms with van der Waals surface area (Å²) in [5.74, 6) is 1.31. The zero-order chi connectivity index (χ0) is 22.3. The van der Waals surface area contributed by atoms with Gasteiger partial charge in [0.1, 0.15) is 5.75 Å². The smallest absolute Gasteiger partial charge is 0.234 e. The number of hydrogen-bond donors (Lipinski definition) is 1. The fourth-order valence-electron chi connectivity index (χ4n) is 3.12. The van der Waals surface area contributed by atoms with Crippen LogP contribution in [0.15, 0.2) is 84.0 Å². The maximum atomic E-state index is 12.5. The molecule has 1 aromatic heterocycles. The molecule has 0 bridgehead atoms. The summed E-state index contributed by atoms with van der Waals surface area (Å²) in [6.45, 7) is 0. The average Bonchev–Trinajstić information content (AvgIpc) is 3.27.